The van der Waals surface area contributed by atoms with Crippen LogP contribution in [-0.2, 0) is 11.0 Å². The van der Waals surface area contributed by atoms with Crippen LogP contribution in [0.3, 0.4) is 0 Å². The maximum absolute atomic E-state index is 12.6. The van der Waals surface area contributed by atoms with E-state index in [4.69, 9.17) is 9.47 Å². The van der Waals surface area contributed by atoms with Gasteiger partial charge in [0.2, 0.25) is 5.91 Å². The number of halogens is 3. The second-order valence-corrected chi connectivity index (χ2v) is 6.32. The van der Waals surface area contributed by atoms with Gasteiger partial charge in [0.1, 0.15) is 12.7 Å². The van der Waals surface area contributed by atoms with Crippen molar-refractivity contribution in [1.82, 2.24) is 4.90 Å². The molecule has 0 bridgehead atoms. The molecular formula is C19H19F3N2O3. The summed E-state index contributed by atoms with van der Waals surface area (Å²) in [5, 5.41) is 2.58. The number of anilines is 1. The average molecular weight is 380 g/mol. The third-order valence-electron chi connectivity index (χ3n) is 3.99. The number of carbonyl (C=O) groups is 1. The van der Waals surface area contributed by atoms with Gasteiger partial charge < -0.3 is 14.8 Å². The van der Waals surface area contributed by atoms with Crippen LogP contribution in [0.25, 0.3) is 0 Å². The van der Waals surface area contributed by atoms with Crippen molar-refractivity contribution in [3.05, 3.63) is 54.1 Å². The Bertz CT molecular complexity index is 794. The predicted octanol–water partition coefficient (Wildman–Crippen LogP) is 3.42. The fourth-order valence-corrected chi connectivity index (χ4v) is 2.75. The Hall–Kier alpha value is -2.74. The van der Waals surface area contributed by atoms with E-state index in [1.807, 2.05) is 24.3 Å². The van der Waals surface area contributed by atoms with Gasteiger partial charge in [0, 0.05) is 12.2 Å². The fraction of sp³-hybridized carbons (Fsp3) is 0.316. The molecule has 1 aliphatic rings. The zero-order chi connectivity index (χ0) is 19.4. The number of fused-ring (bicyclic) bond motifs is 1. The van der Waals surface area contributed by atoms with E-state index < -0.39 is 11.7 Å². The number of rotatable bonds is 5. The van der Waals surface area contributed by atoms with E-state index in [0.717, 1.165) is 12.1 Å². The second kappa shape index (κ2) is 7.87. The van der Waals surface area contributed by atoms with Gasteiger partial charge in [-0.15, -0.1) is 0 Å². The molecule has 2 aromatic rings. The summed E-state index contributed by atoms with van der Waals surface area (Å²) in [4.78, 5) is 13.9. The van der Waals surface area contributed by atoms with Crippen molar-refractivity contribution in [1.29, 1.82) is 0 Å². The zero-order valence-corrected chi connectivity index (χ0v) is 14.6. The number of hydrogen-bond donors (Lipinski definition) is 1. The van der Waals surface area contributed by atoms with E-state index >= 15 is 0 Å². The Kier molecular flexibility index (Phi) is 5.55. The lowest BCUT2D eigenvalue weighted by Gasteiger charge is -2.29. The molecule has 0 aromatic heterocycles. The van der Waals surface area contributed by atoms with Crippen LogP contribution in [0.15, 0.2) is 48.5 Å². The van der Waals surface area contributed by atoms with Crippen LogP contribution in [0.1, 0.15) is 5.56 Å². The number of amides is 1. The molecule has 8 heteroatoms. The number of ether oxygens (including phenoxy) is 2. The highest BCUT2D eigenvalue weighted by Gasteiger charge is 2.30. The predicted molar refractivity (Wildman–Crippen MR) is 93.9 cm³/mol. The first-order valence-electron chi connectivity index (χ1n) is 8.35. The molecule has 1 amide bonds. The minimum absolute atomic E-state index is 0.0720. The molecule has 144 valence electrons. The van der Waals surface area contributed by atoms with Crippen molar-refractivity contribution < 1.29 is 27.4 Å². The summed E-state index contributed by atoms with van der Waals surface area (Å²) in [5.41, 5.74) is -0.445. The van der Waals surface area contributed by atoms with Crippen molar-refractivity contribution in [3.63, 3.8) is 0 Å². The van der Waals surface area contributed by atoms with Crippen molar-refractivity contribution >= 4 is 11.6 Å². The third-order valence-corrected chi connectivity index (χ3v) is 3.99. The van der Waals surface area contributed by atoms with Crippen molar-refractivity contribution in [2.75, 3.05) is 32.1 Å². The van der Waals surface area contributed by atoms with Crippen LogP contribution in [0, 0.1) is 0 Å². The molecule has 5 nitrogen and oxygen atoms in total. The normalized spacial score (nSPS) is 16.3. The number of benzene rings is 2. The zero-order valence-electron chi connectivity index (χ0n) is 14.6. The molecule has 2 aromatic carbocycles. The van der Waals surface area contributed by atoms with Crippen LogP contribution < -0.4 is 14.8 Å². The van der Waals surface area contributed by atoms with Crippen LogP contribution in [-0.4, -0.2) is 43.7 Å². The number of likely N-dealkylation sites (N-methyl/N-ethyl adjacent to an activating group) is 1. The molecular weight excluding hydrogens is 361 g/mol. The van der Waals surface area contributed by atoms with Crippen molar-refractivity contribution in [2.45, 2.75) is 12.3 Å². The topological polar surface area (TPSA) is 50.8 Å². The molecule has 1 atom stereocenters. The molecule has 0 spiro atoms. The highest BCUT2D eigenvalue weighted by Crippen LogP contribution is 2.31. The SMILES string of the molecule is CN(CC(=O)Nc1ccc(C(F)(F)F)cc1)CC1COc2ccccc2O1. The van der Waals surface area contributed by atoms with Gasteiger partial charge in [-0.25, -0.2) is 0 Å². The van der Waals surface area contributed by atoms with Gasteiger partial charge in [-0.05, 0) is 43.4 Å². The lowest BCUT2D eigenvalue weighted by molar-refractivity contribution is -0.137. The number of nitrogens with one attached hydrogen (secondary N) is 1. The van der Waals surface area contributed by atoms with Crippen LogP contribution >= 0.6 is 0 Å². The molecule has 1 heterocycles. The Morgan fingerprint density at radius 3 is 2.48 bits per heavy atom. The molecule has 0 fully saturated rings. The number of para-hydroxylation sites is 2. The van der Waals surface area contributed by atoms with Gasteiger partial charge in [0.15, 0.2) is 11.5 Å². The third kappa shape index (κ3) is 5.13. The lowest BCUT2D eigenvalue weighted by atomic mass is 10.2. The lowest BCUT2D eigenvalue weighted by Crippen LogP contribution is -2.42. The van der Waals surface area contributed by atoms with Gasteiger partial charge in [-0.1, -0.05) is 12.1 Å². The van der Waals surface area contributed by atoms with Crippen LogP contribution in [0.5, 0.6) is 11.5 Å². The monoisotopic (exact) mass is 380 g/mol. The van der Waals surface area contributed by atoms with E-state index in [1.54, 1.807) is 11.9 Å². The summed E-state index contributed by atoms with van der Waals surface area (Å²) in [6.45, 7) is 0.916. The highest BCUT2D eigenvalue weighted by molar-refractivity contribution is 5.92. The van der Waals surface area contributed by atoms with Gasteiger partial charge in [-0.2, -0.15) is 13.2 Å². The van der Waals surface area contributed by atoms with Crippen LogP contribution in [0.2, 0.25) is 0 Å². The molecule has 1 N–H and O–H groups in total. The first kappa shape index (κ1) is 19.0. The average Bonchev–Trinajstić information content (AvgIpc) is 2.61. The summed E-state index contributed by atoms with van der Waals surface area (Å²) in [5.74, 6) is 1.03. The molecule has 0 radical (unpaired) electrons. The minimum atomic E-state index is -4.40. The molecule has 0 saturated heterocycles. The smallest absolute Gasteiger partial charge is 0.416 e. The summed E-state index contributed by atoms with van der Waals surface area (Å²) >= 11 is 0. The quantitative estimate of drug-likeness (QED) is 0.864. The first-order valence-corrected chi connectivity index (χ1v) is 8.35. The second-order valence-electron chi connectivity index (χ2n) is 6.32. The fourth-order valence-electron chi connectivity index (χ4n) is 2.75. The standard InChI is InChI=1S/C19H19F3N2O3/c1-24(10-15-12-26-16-4-2-3-5-17(16)27-15)11-18(25)23-14-8-6-13(7-9-14)19(20,21)22/h2-9,15H,10-12H2,1H3,(H,23,25). The first-order chi connectivity index (χ1) is 12.8. The summed E-state index contributed by atoms with van der Waals surface area (Å²) in [6, 6.07) is 11.7. The summed E-state index contributed by atoms with van der Waals surface area (Å²) in [6.07, 6.45) is -4.62. The number of carbonyl (C=O) groups excluding carboxylic acids is 1. The molecule has 3 rings (SSSR count). The van der Waals surface area contributed by atoms with Gasteiger partial charge in [-0.3, -0.25) is 9.69 Å². The Morgan fingerprint density at radius 1 is 1.15 bits per heavy atom. The molecule has 1 unspecified atom stereocenters. The Morgan fingerprint density at radius 2 is 1.81 bits per heavy atom. The maximum Gasteiger partial charge on any atom is 0.416 e. The molecule has 0 saturated carbocycles. The van der Waals surface area contributed by atoms with Crippen LogP contribution in [0.4, 0.5) is 18.9 Å². The maximum atomic E-state index is 12.6. The largest absolute Gasteiger partial charge is 0.486 e. The molecule has 1 aliphatic heterocycles. The van der Waals surface area contributed by atoms with E-state index in [9.17, 15) is 18.0 Å². The molecule has 27 heavy (non-hydrogen) atoms. The van der Waals surface area contributed by atoms with Crippen molar-refractivity contribution in [3.8, 4) is 11.5 Å². The van der Waals surface area contributed by atoms with Gasteiger partial charge >= 0.3 is 6.18 Å². The van der Waals surface area contributed by atoms with E-state index in [-0.39, 0.29) is 18.6 Å². The Labute approximate surface area is 154 Å². The highest BCUT2D eigenvalue weighted by atomic mass is 19.4. The number of alkyl halides is 3. The van der Waals surface area contributed by atoms with Crippen molar-refractivity contribution in [2.24, 2.45) is 0 Å². The number of nitrogens with zero attached hydrogens (tertiary/aromatic N) is 1. The van der Waals surface area contributed by atoms with Gasteiger partial charge in [0.25, 0.3) is 0 Å². The molecule has 0 aliphatic carbocycles. The van der Waals surface area contributed by atoms with E-state index in [2.05, 4.69) is 5.32 Å². The van der Waals surface area contributed by atoms with E-state index in [0.29, 0.717) is 30.3 Å². The minimum Gasteiger partial charge on any atom is -0.486 e. The summed E-state index contributed by atoms with van der Waals surface area (Å²) < 4.78 is 49.1. The van der Waals surface area contributed by atoms with Gasteiger partial charge in [0.05, 0.1) is 12.1 Å². The number of hydrogen-bond acceptors (Lipinski definition) is 4. The van der Waals surface area contributed by atoms with E-state index in [1.165, 1.54) is 12.1 Å². The Balaban J connectivity index is 1.48. The summed E-state index contributed by atoms with van der Waals surface area (Å²) in [7, 11) is 1.76.